The molecule has 24 heavy (non-hydrogen) atoms. The highest BCUT2D eigenvalue weighted by molar-refractivity contribution is 5.99. The highest BCUT2D eigenvalue weighted by atomic mass is 16.5. The first kappa shape index (κ1) is 15.6. The van der Waals surface area contributed by atoms with E-state index in [1.807, 2.05) is 12.1 Å². The van der Waals surface area contributed by atoms with Gasteiger partial charge in [-0.05, 0) is 35.0 Å². The zero-order valence-electron chi connectivity index (χ0n) is 12.8. The van der Waals surface area contributed by atoms with Crippen molar-refractivity contribution in [1.29, 1.82) is 5.41 Å². The Hall–Kier alpha value is -3.34. The molecule has 3 rings (SSSR count). The molecule has 3 aromatic carbocycles. The molecule has 0 heterocycles. The number of fused-ring (bicyclic) bond motifs is 1. The summed E-state index contributed by atoms with van der Waals surface area (Å²) in [6.45, 7) is 0. The molecule has 5 heteroatoms. The Labute approximate surface area is 138 Å². The van der Waals surface area contributed by atoms with Crippen LogP contribution < -0.4 is 10.5 Å². The number of hydrogen-bond donors (Lipinski definition) is 3. The number of carboxylic acids is 1. The first-order valence-electron chi connectivity index (χ1n) is 7.37. The van der Waals surface area contributed by atoms with E-state index in [2.05, 4.69) is 0 Å². The smallest absolute Gasteiger partial charge is 0.349 e. The molecule has 0 amide bonds. The van der Waals surface area contributed by atoms with Gasteiger partial charge in [-0.1, -0.05) is 42.5 Å². The average Bonchev–Trinajstić information content (AvgIpc) is 2.59. The normalized spacial score (nSPS) is 11.8. The maximum Gasteiger partial charge on any atom is 0.349 e. The van der Waals surface area contributed by atoms with E-state index in [4.69, 9.17) is 15.9 Å². The fourth-order valence-corrected chi connectivity index (χ4v) is 2.49. The second-order valence-electron chi connectivity index (χ2n) is 5.38. The minimum absolute atomic E-state index is 0.00296. The summed E-state index contributed by atoms with van der Waals surface area (Å²) in [5.41, 5.74) is 6.67. The second-order valence-corrected chi connectivity index (χ2v) is 5.38. The standard InChI is InChI=1S/C19H16N2O3/c20-18(21)15-9-7-12-10-14(8-6-13(12)11-15)17(19(22)23)24-16-4-2-1-3-5-16/h1-11,17H,(H3,20,21)(H,22,23). The highest BCUT2D eigenvalue weighted by Gasteiger charge is 2.22. The Morgan fingerprint density at radius 1 is 1.00 bits per heavy atom. The number of ether oxygens (including phenoxy) is 1. The molecule has 3 aromatic rings. The van der Waals surface area contributed by atoms with Gasteiger partial charge in [-0.25, -0.2) is 4.79 Å². The molecule has 0 radical (unpaired) electrons. The van der Waals surface area contributed by atoms with E-state index in [0.717, 1.165) is 10.8 Å². The molecule has 0 spiro atoms. The van der Waals surface area contributed by atoms with Crippen molar-refractivity contribution in [1.82, 2.24) is 0 Å². The molecular formula is C19H16N2O3. The fraction of sp³-hybridized carbons (Fsp3) is 0.0526. The third-order valence-corrected chi connectivity index (χ3v) is 3.70. The molecule has 0 aliphatic heterocycles. The minimum Gasteiger partial charge on any atom is -0.478 e. The maximum absolute atomic E-state index is 11.6. The van der Waals surface area contributed by atoms with Gasteiger partial charge < -0.3 is 15.6 Å². The van der Waals surface area contributed by atoms with Crippen molar-refractivity contribution in [2.24, 2.45) is 5.73 Å². The van der Waals surface area contributed by atoms with Crippen LogP contribution in [0, 0.1) is 5.41 Å². The molecule has 0 aliphatic carbocycles. The van der Waals surface area contributed by atoms with Crippen LogP contribution in [0.4, 0.5) is 0 Å². The van der Waals surface area contributed by atoms with Gasteiger partial charge in [-0.15, -0.1) is 0 Å². The number of carbonyl (C=O) groups is 1. The van der Waals surface area contributed by atoms with Gasteiger partial charge in [0.2, 0.25) is 6.10 Å². The number of carboxylic acid groups (broad SMARTS) is 1. The van der Waals surface area contributed by atoms with Crippen molar-refractivity contribution in [3.05, 3.63) is 77.9 Å². The van der Waals surface area contributed by atoms with E-state index in [0.29, 0.717) is 16.9 Å². The largest absolute Gasteiger partial charge is 0.478 e. The van der Waals surface area contributed by atoms with Crippen LogP contribution in [0.5, 0.6) is 5.75 Å². The van der Waals surface area contributed by atoms with E-state index < -0.39 is 12.1 Å². The van der Waals surface area contributed by atoms with Crippen molar-refractivity contribution in [2.45, 2.75) is 6.10 Å². The Bertz CT molecular complexity index is 907. The third kappa shape index (κ3) is 3.20. The van der Waals surface area contributed by atoms with Crippen LogP contribution in [-0.4, -0.2) is 16.9 Å². The number of rotatable bonds is 5. The van der Waals surface area contributed by atoms with E-state index in [1.54, 1.807) is 54.6 Å². The number of nitrogen functional groups attached to an aromatic ring is 1. The zero-order chi connectivity index (χ0) is 17.1. The Kier molecular flexibility index (Phi) is 4.16. The summed E-state index contributed by atoms with van der Waals surface area (Å²) in [5, 5.41) is 18.7. The van der Waals surface area contributed by atoms with Crippen molar-refractivity contribution in [3.63, 3.8) is 0 Å². The van der Waals surface area contributed by atoms with Gasteiger partial charge in [0.1, 0.15) is 11.6 Å². The van der Waals surface area contributed by atoms with Crippen LogP contribution in [0.2, 0.25) is 0 Å². The summed E-state index contributed by atoms with van der Waals surface area (Å²) < 4.78 is 5.62. The molecule has 0 fully saturated rings. The fourth-order valence-electron chi connectivity index (χ4n) is 2.49. The molecule has 120 valence electrons. The van der Waals surface area contributed by atoms with Gasteiger partial charge in [-0.3, -0.25) is 5.41 Å². The van der Waals surface area contributed by atoms with Gasteiger partial charge in [0.25, 0.3) is 0 Å². The summed E-state index contributed by atoms with van der Waals surface area (Å²) >= 11 is 0. The average molecular weight is 320 g/mol. The van der Waals surface area contributed by atoms with Gasteiger partial charge in [0.15, 0.2) is 0 Å². The molecule has 1 atom stereocenters. The van der Waals surface area contributed by atoms with E-state index in [9.17, 15) is 9.90 Å². The number of hydrogen-bond acceptors (Lipinski definition) is 3. The second kappa shape index (κ2) is 6.42. The molecular weight excluding hydrogens is 304 g/mol. The lowest BCUT2D eigenvalue weighted by atomic mass is 10.0. The number of amidine groups is 1. The highest BCUT2D eigenvalue weighted by Crippen LogP contribution is 2.26. The van der Waals surface area contributed by atoms with Crippen LogP contribution in [0.3, 0.4) is 0 Å². The zero-order valence-corrected chi connectivity index (χ0v) is 12.8. The van der Waals surface area contributed by atoms with Crippen LogP contribution >= 0.6 is 0 Å². The van der Waals surface area contributed by atoms with Crippen LogP contribution in [0.25, 0.3) is 10.8 Å². The van der Waals surface area contributed by atoms with Crippen molar-refractivity contribution in [3.8, 4) is 5.75 Å². The lowest BCUT2D eigenvalue weighted by Gasteiger charge is -2.16. The maximum atomic E-state index is 11.6. The van der Waals surface area contributed by atoms with Gasteiger partial charge in [-0.2, -0.15) is 0 Å². The molecule has 0 saturated carbocycles. The first-order chi connectivity index (χ1) is 11.5. The number of benzene rings is 3. The summed E-state index contributed by atoms with van der Waals surface area (Å²) in [4.78, 5) is 11.6. The van der Waals surface area contributed by atoms with Crippen LogP contribution in [0.1, 0.15) is 17.2 Å². The van der Waals surface area contributed by atoms with Crippen molar-refractivity contribution >= 4 is 22.6 Å². The Morgan fingerprint density at radius 2 is 1.67 bits per heavy atom. The summed E-state index contributed by atoms with van der Waals surface area (Å²) in [7, 11) is 0. The van der Waals surface area contributed by atoms with E-state index >= 15 is 0 Å². The minimum atomic E-state index is -1.09. The molecule has 0 aromatic heterocycles. The Balaban J connectivity index is 1.97. The van der Waals surface area contributed by atoms with E-state index in [1.165, 1.54) is 0 Å². The lowest BCUT2D eigenvalue weighted by molar-refractivity contribution is -0.145. The quantitative estimate of drug-likeness (QED) is 0.496. The first-order valence-corrected chi connectivity index (χ1v) is 7.37. The van der Waals surface area contributed by atoms with Crippen LogP contribution in [-0.2, 0) is 4.79 Å². The molecule has 4 N–H and O–H groups in total. The van der Waals surface area contributed by atoms with Gasteiger partial charge in [0.05, 0.1) is 0 Å². The van der Waals surface area contributed by atoms with Crippen molar-refractivity contribution in [2.75, 3.05) is 0 Å². The summed E-state index contributed by atoms with van der Waals surface area (Å²) in [6.07, 6.45) is -1.09. The lowest BCUT2D eigenvalue weighted by Crippen LogP contribution is -2.18. The number of nitrogens with two attached hydrogens (primary N) is 1. The number of aliphatic carboxylic acids is 1. The predicted molar refractivity (Wildman–Crippen MR) is 92.4 cm³/mol. The van der Waals surface area contributed by atoms with Crippen LogP contribution in [0.15, 0.2) is 66.7 Å². The predicted octanol–water partition coefficient (Wildman–Crippen LogP) is 3.33. The third-order valence-electron chi connectivity index (χ3n) is 3.70. The number of para-hydroxylation sites is 1. The van der Waals surface area contributed by atoms with E-state index in [-0.39, 0.29) is 5.84 Å². The topological polar surface area (TPSA) is 96.4 Å². The summed E-state index contributed by atoms with van der Waals surface area (Å²) in [6, 6.07) is 19.5. The number of nitrogens with one attached hydrogen (secondary N) is 1. The Morgan fingerprint density at radius 3 is 2.33 bits per heavy atom. The molecule has 0 bridgehead atoms. The molecule has 5 nitrogen and oxygen atoms in total. The SMILES string of the molecule is N=C(N)c1ccc2cc(C(Oc3ccccc3)C(=O)O)ccc2c1. The molecule has 0 saturated heterocycles. The summed E-state index contributed by atoms with van der Waals surface area (Å²) in [5.74, 6) is -0.563. The van der Waals surface area contributed by atoms with Gasteiger partial charge in [0, 0.05) is 11.1 Å². The van der Waals surface area contributed by atoms with Crippen molar-refractivity contribution < 1.29 is 14.6 Å². The molecule has 0 aliphatic rings. The molecule has 1 unspecified atom stereocenters. The monoisotopic (exact) mass is 320 g/mol. The van der Waals surface area contributed by atoms with Gasteiger partial charge >= 0.3 is 5.97 Å².